The van der Waals surface area contributed by atoms with Gasteiger partial charge in [0.2, 0.25) is 5.91 Å². The van der Waals surface area contributed by atoms with Gasteiger partial charge in [0, 0.05) is 30.3 Å². The third kappa shape index (κ3) is 6.26. The van der Waals surface area contributed by atoms with Gasteiger partial charge in [0.05, 0.1) is 6.42 Å². The second-order valence-corrected chi connectivity index (χ2v) is 9.12. The number of hydrogen-bond acceptors (Lipinski definition) is 4. The van der Waals surface area contributed by atoms with Gasteiger partial charge in [-0.15, -0.1) is 0 Å². The van der Waals surface area contributed by atoms with Crippen LogP contribution in [0.1, 0.15) is 36.5 Å². The van der Waals surface area contributed by atoms with Gasteiger partial charge in [-0.05, 0) is 47.7 Å². The van der Waals surface area contributed by atoms with Crippen molar-refractivity contribution in [3.05, 3.63) is 59.2 Å². The second kappa shape index (κ2) is 10.5. The number of anilines is 1. The first-order chi connectivity index (χ1) is 14.4. The minimum atomic E-state index is -0.208. The highest BCUT2D eigenvalue weighted by Gasteiger charge is 2.17. The maximum Gasteiger partial charge on any atom is 0.262 e. The number of thioether (sulfide) groups is 1. The van der Waals surface area contributed by atoms with Crippen LogP contribution >= 0.6 is 11.8 Å². The van der Waals surface area contributed by atoms with Crippen LogP contribution in [0.5, 0.6) is 5.75 Å². The molecule has 1 aliphatic rings. The summed E-state index contributed by atoms with van der Waals surface area (Å²) >= 11 is 1.89. The maximum absolute atomic E-state index is 12.4. The van der Waals surface area contributed by atoms with E-state index in [4.69, 9.17) is 4.74 Å². The number of benzene rings is 2. The van der Waals surface area contributed by atoms with Gasteiger partial charge in [-0.25, -0.2) is 0 Å². The van der Waals surface area contributed by atoms with Crippen molar-refractivity contribution < 1.29 is 14.3 Å². The summed E-state index contributed by atoms with van der Waals surface area (Å²) in [6.07, 6.45) is 0.396. The van der Waals surface area contributed by atoms with E-state index < -0.39 is 0 Å². The Hall–Kier alpha value is -2.47. The van der Waals surface area contributed by atoms with Crippen LogP contribution in [0, 0.1) is 6.92 Å². The fourth-order valence-electron chi connectivity index (χ4n) is 3.39. The van der Waals surface area contributed by atoms with Gasteiger partial charge in [0.15, 0.2) is 6.61 Å². The van der Waals surface area contributed by atoms with E-state index in [2.05, 4.69) is 31.3 Å². The van der Waals surface area contributed by atoms with Crippen LogP contribution in [0.15, 0.2) is 42.5 Å². The summed E-state index contributed by atoms with van der Waals surface area (Å²) in [4.78, 5) is 26.6. The van der Waals surface area contributed by atoms with E-state index in [-0.39, 0.29) is 18.4 Å². The molecule has 0 aromatic heterocycles. The molecule has 2 aromatic carbocycles. The molecule has 0 radical (unpaired) electrons. The number of nitrogens with one attached hydrogen (secondary N) is 1. The number of carbonyl (C=O) groups is 2. The van der Waals surface area contributed by atoms with E-state index in [1.54, 1.807) is 0 Å². The molecule has 2 aromatic rings. The topological polar surface area (TPSA) is 58.6 Å². The first-order valence-electron chi connectivity index (χ1n) is 10.4. The molecule has 30 heavy (non-hydrogen) atoms. The van der Waals surface area contributed by atoms with E-state index in [1.807, 2.05) is 53.9 Å². The molecule has 3 rings (SSSR count). The molecule has 0 spiro atoms. The van der Waals surface area contributed by atoms with Gasteiger partial charge in [-0.2, -0.15) is 11.8 Å². The van der Waals surface area contributed by atoms with Crippen LogP contribution in [0.25, 0.3) is 0 Å². The Balaban J connectivity index is 1.51. The standard InChI is InChI=1S/C24H30N2O3S/c1-17(2)21-9-4-18(3)14-22(21)29-16-23(27)25-20-7-5-19(6-8-20)15-24(28)26-10-12-30-13-11-26/h4-9,14,17H,10-13,15-16H2,1-3H3,(H,25,27). The van der Waals surface area contributed by atoms with E-state index in [0.717, 1.165) is 47.0 Å². The van der Waals surface area contributed by atoms with Crippen LogP contribution in [0.2, 0.25) is 0 Å². The maximum atomic E-state index is 12.4. The Labute approximate surface area is 183 Å². The van der Waals surface area contributed by atoms with Crippen LogP contribution in [-0.4, -0.2) is 47.9 Å². The van der Waals surface area contributed by atoms with Gasteiger partial charge in [-0.1, -0.05) is 38.1 Å². The fourth-order valence-corrected chi connectivity index (χ4v) is 4.29. The number of ether oxygens (including phenoxy) is 1. The zero-order chi connectivity index (χ0) is 21.5. The number of amides is 2. The molecular formula is C24H30N2O3S. The third-order valence-electron chi connectivity index (χ3n) is 5.11. The summed E-state index contributed by atoms with van der Waals surface area (Å²) in [5.74, 6) is 3.06. The fraction of sp³-hybridized carbons (Fsp3) is 0.417. The van der Waals surface area contributed by atoms with E-state index >= 15 is 0 Å². The monoisotopic (exact) mass is 426 g/mol. The average Bonchev–Trinajstić information content (AvgIpc) is 2.74. The Bertz CT molecular complexity index is 875. The Morgan fingerprint density at radius 2 is 1.80 bits per heavy atom. The summed E-state index contributed by atoms with van der Waals surface area (Å²) in [5, 5.41) is 2.86. The predicted molar refractivity (Wildman–Crippen MR) is 123 cm³/mol. The summed E-state index contributed by atoms with van der Waals surface area (Å²) in [5.41, 5.74) is 3.84. The smallest absolute Gasteiger partial charge is 0.262 e. The number of carbonyl (C=O) groups excluding carboxylic acids is 2. The first kappa shape index (κ1) is 22.2. The van der Waals surface area contributed by atoms with Crippen molar-refractivity contribution >= 4 is 29.3 Å². The predicted octanol–water partition coefficient (Wildman–Crippen LogP) is 4.25. The first-order valence-corrected chi connectivity index (χ1v) is 11.6. The molecule has 0 aliphatic carbocycles. The summed E-state index contributed by atoms with van der Waals surface area (Å²) in [6.45, 7) is 7.83. The quantitative estimate of drug-likeness (QED) is 0.719. The summed E-state index contributed by atoms with van der Waals surface area (Å²) < 4.78 is 5.79. The molecule has 0 bridgehead atoms. The van der Waals surface area contributed by atoms with Crippen LogP contribution < -0.4 is 10.1 Å². The van der Waals surface area contributed by atoms with Crippen molar-refractivity contribution in [1.82, 2.24) is 4.90 Å². The molecule has 1 fully saturated rings. The molecule has 160 valence electrons. The molecule has 1 aliphatic heterocycles. The zero-order valence-electron chi connectivity index (χ0n) is 17.9. The van der Waals surface area contributed by atoms with Gasteiger partial charge in [0.25, 0.3) is 5.91 Å². The lowest BCUT2D eigenvalue weighted by Gasteiger charge is -2.26. The Kier molecular flexibility index (Phi) is 7.80. The van der Waals surface area contributed by atoms with Crippen LogP contribution in [-0.2, 0) is 16.0 Å². The zero-order valence-corrected chi connectivity index (χ0v) is 18.8. The molecule has 0 atom stereocenters. The largest absolute Gasteiger partial charge is 0.483 e. The molecule has 1 N–H and O–H groups in total. The van der Waals surface area contributed by atoms with Crippen molar-refractivity contribution in [2.24, 2.45) is 0 Å². The minimum absolute atomic E-state index is 0.0453. The lowest BCUT2D eigenvalue weighted by Crippen LogP contribution is -2.38. The van der Waals surface area contributed by atoms with Gasteiger partial charge >= 0.3 is 0 Å². The molecule has 2 amide bonds. The van der Waals surface area contributed by atoms with Crippen LogP contribution in [0.3, 0.4) is 0 Å². The van der Waals surface area contributed by atoms with Gasteiger partial charge < -0.3 is 15.0 Å². The molecule has 0 unspecified atom stereocenters. The van der Waals surface area contributed by atoms with Crippen molar-refractivity contribution in [3.8, 4) is 5.75 Å². The van der Waals surface area contributed by atoms with Crippen molar-refractivity contribution in [2.45, 2.75) is 33.1 Å². The number of rotatable bonds is 7. The molecule has 1 heterocycles. The van der Waals surface area contributed by atoms with Crippen molar-refractivity contribution in [2.75, 3.05) is 36.5 Å². The van der Waals surface area contributed by atoms with E-state index in [1.165, 1.54) is 0 Å². The Morgan fingerprint density at radius 3 is 2.47 bits per heavy atom. The Morgan fingerprint density at radius 1 is 1.10 bits per heavy atom. The number of aryl methyl sites for hydroxylation is 1. The summed E-state index contributed by atoms with van der Waals surface area (Å²) in [7, 11) is 0. The summed E-state index contributed by atoms with van der Waals surface area (Å²) in [6, 6.07) is 13.5. The lowest BCUT2D eigenvalue weighted by molar-refractivity contribution is -0.130. The number of nitrogens with zero attached hydrogens (tertiary/aromatic N) is 1. The SMILES string of the molecule is Cc1ccc(C(C)C)c(OCC(=O)Nc2ccc(CC(=O)N3CCSCC3)cc2)c1. The molecule has 1 saturated heterocycles. The lowest BCUT2D eigenvalue weighted by atomic mass is 10.0. The molecule has 0 saturated carbocycles. The van der Waals surface area contributed by atoms with Gasteiger partial charge in [-0.3, -0.25) is 9.59 Å². The van der Waals surface area contributed by atoms with E-state index in [0.29, 0.717) is 18.0 Å². The minimum Gasteiger partial charge on any atom is -0.483 e. The molecule has 5 nitrogen and oxygen atoms in total. The van der Waals surface area contributed by atoms with Gasteiger partial charge in [0.1, 0.15) is 5.75 Å². The molecular weight excluding hydrogens is 396 g/mol. The molecule has 6 heteroatoms. The van der Waals surface area contributed by atoms with Crippen molar-refractivity contribution in [3.63, 3.8) is 0 Å². The third-order valence-corrected chi connectivity index (χ3v) is 6.05. The van der Waals surface area contributed by atoms with E-state index in [9.17, 15) is 9.59 Å². The highest BCUT2D eigenvalue weighted by atomic mass is 32.2. The highest BCUT2D eigenvalue weighted by molar-refractivity contribution is 7.99. The van der Waals surface area contributed by atoms with Crippen molar-refractivity contribution in [1.29, 1.82) is 0 Å². The highest BCUT2D eigenvalue weighted by Crippen LogP contribution is 2.27. The normalized spacial score (nSPS) is 13.9. The van der Waals surface area contributed by atoms with Crippen LogP contribution in [0.4, 0.5) is 5.69 Å². The number of hydrogen-bond donors (Lipinski definition) is 1. The average molecular weight is 427 g/mol. The second-order valence-electron chi connectivity index (χ2n) is 7.90.